The molecule has 0 atom stereocenters. The number of furan rings is 2. The summed E-state index contributed by atoms with van der Waals surface area (Å²) < 4.78 is 15.4. The third-order valence-electron chi connectivity index (χ3n) is 13.8. The van der Waals surface area contributed by atoms with E-state index in [-0.39, 0.29) is 5.41 Å². The van der Waals surface area contributed by atoms with Crippen molar-refractivity contribution in [2.45, 2.75) is 19.3 Å². The number of hydrogen-bond donors (Lipinski definition) is 0. The van der Waals surface area contributed by atoms with Crippen molar-refractivity contribution < 1.29 is 8.83 Å². The summed E-state index contributed by atoms with van der Waals surface area (Å²) in [6, 6.07) is 66.7. The Labute approximate surface area is 383 Å². The van der Waals surface area contributed by atoms with Crippen LogP contribution in [0.2, 0.25) is 0 Å². The van der Waals surface area contributed by atoms with Crippen molar-refractivity contribution in [1.82, 2.24) is 15.0 Å². The fourth-order valence-corrected chi connectivity index (χ4v) is 11.7. The van der Waals surface area contributed by atoms with E-state index in [0.717, 1.165) is 77.1 Å². The molecule has 0 saturated heterocycles. The van der Waals surface area contributed by atoms with E-state index >= 15 is 0 Å². The molecule has 9 aromatic carbocycles. The fraction of sp³-hybridized carbons (Fsp3) is 0.0500. The van der Waals surface area contributed by atoms with Gasteiger partial charge in [-0.25, -0.2) is 15.0 Å². The van der Waals surface area contributed by atoms with Gasteiger partial charge in [0.25, 0.3) is 0 Å². The van der Waals surface area contributed by atoms with E-state index in [9.17, 15) is 0 Å². The van der Waals surface area contributed by atoms with Crippen molar-refractivity contribution in [3.63, 3.8) is 0 Å². The third kappa shape index (κ3) is 5.55. The van der Waals surface area contributed by atoms with E-state index in [1.54, 1.807) is 11.3 Å². The molecule has 0 radical (unpaired) electrons. The summed E-state index contributed by atoms with van der Waals surface area (Å²) in [5, 5.41) is 6.41. The van der Waals surface area contributed by atoms with Crippen molar-refractivity contribution in [3.8, 4) is 67.5 Å². The van der Waals surface area contributed by atoms with Gasteiger partial charge in [0.1, 0.15) is 22.3 Å². The number of thiophene rings is 1. The Balaban J connectivity index is 0.934. The van der Waals surface area contributed by atoms with Crippen molar-refractivity contribution >= 4 is 75.4 Å². The highest BCUT2D eigenvalue weighted by molar-refractivity contribution is 7.25. The molecule has 0 amide bonds. The van der Waals surface area contributed by atoms with Gasteiger partial charge in [-0.15, -0.1) is 11.3 Å². The maximum Gasteiger partial charge on any atom is 0.164 e. The zero-order valence-electron chi connectivity index (χ0n) is 36.0. The van der Waals surface area contributed by atoms with E-state index in [4.69, 9.17) is 23.8 Å². The second-order valence-corrected chi connectivity index (χ2v) is 19.0. The number of para-hydroxylation sites is 1. The van der Waals surface area contributed by atoms with Crippen LogP contribution in [0, 0.1) is 0 Å². The monoisotopic (exact) mass is 863 g/mol. The maximum absolute atomic E-state index is 6.61. The van der Waals surface area contributed by atoms with Gasteiger partial charge in [0.2, 0.25) is 0 Å². The van der Waals surface area contributed by atoms with Crippen LogP contribution in [0.1, 0.15) is 25.0 Å². The van der Waals surface area contributed by atoms with E-state index in [0.29, 0.717) is 17.5 Å². The molecule has 1 aliphatic carbocycles. The molecule has 0 spiro atoms. The van der Waals surface area contributed by atoms with Crippen molar-refractivity contribution in [2.24, 2.45) is 0 Å². The Morgan fingerprint density at radius 3 is 1.80 bits per heavy atom. The van der Waals surface area contributed by atoms with Gasteiger partial charge in [-0.3, -0.25) is 0 Å². The molecule has 4 aromatic heterocycles. The first kappa shape index (κ1) is 37.2. The van der Waals surface area contributed by atoms with Crippen LogP contribution in [-0.2, 0) is 5.41 Å². The highest BCUT2D eigenvalue weighted by Crippen LogP contribution is 2.50. The van der Waals surface area contributed by atoms with Gasteiger partial charge in [-0.05, 0) is 105 Å². The summed E-state index contributed by atoms with van der Waals surface area (Å²) in [6.45, 7) is 4.65. The molecular weight excluding hydrogens is 827 g/mol. The summed E-state index contributed by atoms with van der Waals surface area (Å²) in [5.74, 6) is 1.74. The number of benzene rings is 9. The number of aromatic nitrogens is 3. The minimum atomic E-state index is -0.0327. The molecule has 0 unspecified atom stereocenters. The molecular formula is C60H37N3O2S. The SMILES string of the molecule is CC1(C)c2ccccc2-c2cc(-c3cccc(-c4ccc5oc6cccc(-c7nc(-c8ccc9c(c8)oc8ccccc89)nc(-c8cccc9sc%10ccccc%10c89)n7)c6c5c4)c3)ccc21. The summed E-state index contributed by atoms with van der Waals surface area (Å²) in [5.41, 5.74) is 15.9. The Bertz CT molecular complexity index is 4170. The first-order valence-corrected chi connectivity index (χ1v) is 23.1. The van der Waals surface area contributed by atoms with Gasteiger partial charge in [0.15, 0.2) is 17.5 Å². The average molecular weight is 864 g/mol. The Morgan fingerprint density at radius 2 is 0.924 bits per heavy atom. The van der Waals surface area contributed by atoms with Crippen LogP contribution in [0.15, 0.2) is 197 Å². The Morgan fingerprint density at radius 1 is 0.348 bits per heavy atom. The van der Waals surface area contributed by atoms with Gasteiger partial charge in [-0.1, -0.05) is 141 Å². The molecule has 4 heterocycles. The first-order valence-electron chi connectivity index (χ1n) is 22.3. The number of fused-ring (bicyclic) bond motifs is 12. The summed E-state index contributed by atoms with van der Waals surface area (Å²) in [6.07, 6.45) is 0. The maximum atomic E-state index is 6.61. The normalized spacial score (nSPS) is 13.1. The average Bonchev–Trinajstić information content (AvgIpc) is 4.11. The molecule has 0 N–H and O–H groups in total. The molecule has 310 valence electrons. The molecule has 0 fully saturated rings. The van der Waals surface area contributed by atoms with Crippen LogP contribution >= 0.6 is 11.3 Å². The van der Waals surface area contributed by atoms with Gasteiger partial charge >= 0.3 is 0 Å². The fourth-order valence-electron chi connectivity index (χ4n) is 10.5. The van der Waals surface area contributed by atoms with Crippen LogP contribution in [0.5, 0.6) is 0 Å². The lowest BCUT2D eigenvalue weighted by molar-refractivity contribution is 0.660. The van der Waals surface area contributed by atoms with Crippen LogP contribution in [0.4, 0.5) is 0 Å². The topological polar surface area (TPSA) is 65.0 Å². The lowest BCUT2D eigenvalue weighted by Crippen LogP contribution is -2.14. The lowest BCUT2D eigenvalue weighted by Gasteiger charge is -2.21. The highest BCUT2D eigenvalue weighted by atomic mass is 32.1. The number of hydrogen-bond acceptors (Lipinski definition) is 6. The predicted octanol–water partition coefficient (Wildman–Crippen LogP) is 16.7. The highest BCUT2D eigenvalue weighted by Gasteiger charge is 2.35. The second kappa shape index (κ2) is 13.9. The minimum Gasteiger partial charge on any atom is -0.456 e. The predicted molar refractivity (Wildman–Crippen MR) is 272 cm³/mol. The van der Waals surface area contributed by atoms with Crippen LogP contribution in [-0.4, -0.2) is 15.0 Å². The molecule has 66 heavy (non-hydrogen) atoms. The van der Waals surface area contributed by atoms with Gasteiger partial charge in [-0.2, -0.15) is 0 Å². The summed E-state index contributed by atoms with van der Waals surface area (Å²) in [4.78, 5) is 15.9. The smallest absolute Gasteiger partial charge is 0.164 e. The Kier molecular flexibility index (Phi) is 7.84. The van der Waals surface area contributed by atoms with Crippen molar-refractivity contribution in [2.75, 3.05) is 0 Å². The zero-order valence-corrected chi connectivity index (χ0v) is 36.8. The molecule has 1 aliphatic rings. The minimum absolute atomic E-state index is 0.0327. The first-order chi connectivity index (χ1) is 32.4. The summed E-state index contributed by atoms with van der Waals surface area (Å²) >= 11 is 1.78. The van der Waals surface area contributed by atoms with Gasteiger partial charge in [0.05, 0.1) is 0 Å². The Hall–Kier alpha value is -8.19. The van der Waals surface area contributed by atoms with Crippen LogP contribution in [0.25, 0.3) is 132 Å². The van der Waals surface area contributed by atoms with Gasteiger partial charge < -0.3 is 8.83 Å². The van der Waals surface area contributed by atoms with E-state index in [1.807, 2.05) is 30.3 Å². The molecule has 0 bridgehead atoms. The third-order valence-corrected chi connectivity index (χ3v) is 14.9. The second-order valence-electron chi connectivity index (χ2n) is 17.9. The molecule has 13 aromatic rings. The van der Waals surface area contributed by atoms with E-state index < -0.39 is 0 Å². The molecule has 6 heteroatoms. The molecule has 0 aliphatic heterocycles. The lowest BCUT2D eigenvalue weighted by atomic mass is 9.82. The van der Waals surface area contributed by atoms with Gasteiger partial charge in [0, 0.05) is 63.8 Å². The quantitative estimate of drug-likeness (QED) is 0.172. The van der Waals surface area contributed by atoms with Crippen molar-refractivity contribution in [1.29, 1.82) is 0 Å². The summed E-state index contributed by atoms with van der Waals surface area (Å²) in [7, 11) is 0. The van der Waals surface area contributed by atoms with Crippen molar-refractivity contribution in [3.05, 3.63) is 199 Å². The number of rotatable bonds is 5. The van der Waals surface area contributed by atoms with E-state index in [2.05, 4.69) is 172 Å². The molecule has 0 saturated carbocycles. The molecule has 14 rings (SSSR count). The number of nitrogens with zero attached hydrogens (tertiary/aromatic N) is 3. The van der Waals surface area contributed by atoms with E-state index in [1.165, 1.54) is 48.2 Å². The van der Waals surface area contributed by atoms with Crippen LogP contribution in [0.3, 0.4) is 0 Å². The standard InChI is InChI=1S/C60H37N3O2S/c1-60(2)47-19-6-3-14-39(47)45-31-36(25-28-48(45)60)34-12-9-13-35(30-34)37-26-29-50-46(32-37)55-43(17-10-21-51(55)64-50)58-61-57(38-24-27-41-40-15-4-7-20-49(40)65-52(41)33-38)62-59(63-58)44-18-11-23-54-56(44)42-16-5-8-22-53(42)66-54/h3-33H,1-2H3. The van der Waals surface area contributed by atoms with Crippen LogP contribution < -0.4 is 0 Å². The molecule has 5 nitrogen and oxygen atoms in total. The largest absolute Gasteiger partial charge is 0.456 e. The zero-order chi connectivity index (χ0) is 43.7.